The lowest BCUT2D eigenvalue weighted by Gasteiger charge is -2.29. The van der Waals surface area contributed by atoms with Gasteiger partial charge >= 0.3 is 0 Å². The molecular formula is C74H98N2O3S2. The van der Waals surface area contributed by atoms with Gasteiger partial charge in [-0.05, 0) is 125 Å². The standard InChI is InChI=1S/C74H98N2O3S2/c1-10-14-18-22-24-28-34-52(32-26-20-16-12-3)49-75-69(63-43-42-62(80-63)55-39-41-56-57-40-38-54(46-51(5)6)47-60(57)71-66(59(56)48-55)58-36-30-31-37-61(58)79-71)67-68(73(75)78)70(64-44-45-65(81-64)74(7,8)9)76(72(67)77)50-53(33-27-21-17-13-4)35-29-25-23-19-15-11-2/h30-31,36-45,47-48,51-53H,10-29,32-35,46,49-50H2,1-9H3. The molecule has 0 fully saturated rings. The lowest BCUT2D eigenvalue weighted by molar-refractivity contribution is -0.124. The van der Waals surface area contributed by atoms with Gasteiger partial charge in [0.05, 0.1) is 32.3 Å². The Hall–Kier alpha value is -4.98. The summed E-state index contributed by atoms with van der Waals surface area (Å²) in [4.78, 5) is 40.9. The van der Waals surface area contributed by atoms with Crippen LogP contribution in [-0.4, -0.2) is 34.7 Å². The van der Waals surface area contributed by atoms with Crippen molar-refractivity contribution in [2.45, 2.75) is 228 Å². The van der Waals surface area contributed by atoms with Crippen LogP contribution in [0.1, 0.15) is 237 Å². The second-order valence-electron chi connectivity index (χ2n) is 25.9. The smallest absolute Gasteiger partial charge is 0.261 e. The van der Waals surface area contributed by atoms with Gasteiger partial charge in [-0.25, -0.2) is 0 Å². The van der Waals surface area contributed by atoms with Gasteiger partial charge in [-0.15, -0.1) is 22.7 Å². The van der Waals surface area contributed by atoms with E-state index in [2.05, 4.69) is 157 Å². The minimum atomic E-state index is -0.0605. The van der Waals surface area contributed by atoms with E-state index in [0.717, 1.165) is 85.6 Å². The average molecular weight is 1130 g/mol. The van der Waals surface area contributed by atoms with Crippen molar-refractivity contribution >= 4 is 89.4 Å². The second-order valence-corrected chi connectivity index (χ2v) is 28.1. The lowest BCUT2D eigenvalue weighted by atomic mass is 9.93. The Morgan fingerprint density at radius 2 is 0.963 bits per heavy atom. The molecule has 0 bridgehead atoms. The van der Waals surface area contributed by atoms with E-state index in [1.54, 1.807) is 22.7 Å². The predicted octanol–water partition coefficient (Wildman–Crippen LogP) is 22.7. The van der Waals surface area contributed by atoms with Crippen molar-refractivity contribution in [2.75, 3.05) is 13.1 Å². The molecule has 0 aliphatic carbocycles. The van der Waals surface area contributed by atoms with Crippen LogP contribution in [0.25, 0.3) is 65.3 Å². The van der Waals surface area contributed by atoms with Crippen LogP contribution in [0.15, 0.2) is 100 Å². The quantitative estimate of drug-likeness (QED) is 0.0304. The third-order valence-electron chi connectivity index (χ3n) is 17.8. The van der Waals surface area contributed by atoms with Crippen LogP contribution in [0.3, 0.4) is 0 Å². The minimum absolute atomic E-state index is 0.0202. The molecule has 0 saturated heterocycles. The molecule has 2 aliphatic heterocycles. The van der Waals surface area contributed by atoms with Crippen LogP contribution >= 0.6 is 22.7 Å². The van der Waals surface area contributed by atoms with Crippen LogP contribution < -0.4 is 0 Å². The Labute approximate surface area is 496 Å². The van der Waals surface area contributed by atoms with Gasteiger partial charge in [-0.1, -0.05) is 233 Å². The highest BCUT2D eigenvalue weighted by Crippen LogP contribution is 2.52. The zero-order valence-corrected chi connectivity index (χ0v) is 53.0. The number of fused-ring (bicyclic) bond motifs is 9. The number of hydrogen-bond acceptors (Lipinski definition) is 5. The zero-order chi connectivity index (χ0) is 57.0. The number of para-hydroxylation sites is 1. The largest absolute Gasteiger partial charge is 0.455 e. The number of unbranched alkanes of at least 4 members (excludes halogenated alkanes) is 16. The molecule has 7 aromatic rings. The number of furan rings is 1. The predicted molar refractivity (Wildman–Crippen MR) is 351 cm³/mol. The SMILES string of the molecule is CCCCCCCCC(CCCCCC)CN1C(=O)C2=C(c3ccc(C(C)(C)C)s3)N(CC(CCCCCC)CCCCCCCC)C(=O)C2=C1c1ccc(-c2ccc3c4ccc(CC(C)C)cc4c4oc5ccccc5c4c3c2)s1. The van der Waals surface area contributed by atoms with E-state index < -0.39 is 0 Å². The molecule has 4 aromatic carbocycles. The Bertz CT molecular complexity index is 3300. The summed E-state index contributed by atoms with van der Waals surface area (Å²) in [5, 5.41) is 7.05. The fraction of sp³-hybridized carbons (Fsp3) is 0.541. The number of carbonyl (C=O) groups excluding carboxylic acids is 2. The van der Waals surface area contributed by atoms with E-state index >= 15 is 9.59 Å². The van der Waals surface area contributed by atoms with Gasteiger partial charge in [0.15, 0.2) is 0 Å². The van der Waals surface area contributed by atoms with Crippen LogP contribution in [0.2, 0.25) is 0 Å². The van der Waals surface area contributed by atoms with Crippen LogP contribution in [0.4, 0.5) is 0 Å². The molecule has 9 rings (SSSR count). The van der Waals surface area contributed by atoms with Crippen LogP contribution in [-0.2, 0) is 21.4 Å². The Kier molecular flexibility index (Phi) is 21.4. The van der Waals surface area contributed by atoms with E-state index in [0.29, 0.717) is 42.0 Å². The summed E-state index contributed by atoms with van der Waals surface area (Å²) in [5.41, 5.74) is 7.23. The van der Waals surface area contributed by atoms with E-state index in [-0.39, 0.29) is 17.2 Å². The number of hydrogen-bond donors (Lipinski definition) is 0. The van der Waals surface area contributed by atoms with Crippen molar-refractivity contribution in [2.24, 2.45) is 17.8 Å². The molecule has 81 heavy (non-hydrogen) atoms. The molecule has 0 saturated carbocycles. The number of amides is 2. The molecule has 2 atom stereocenters. The van der Waals surface area contributed by atoms with Gasteiger partial charge in [0.2, 0.25) is 0 Å². The van der Waals surface area contributed by atoms with Gasteiger partial charge in [0, 0.05) is 39.0 Å². The summed E-state index contributed by atoms with van der Waals surface area (Å²) in [6.45, 7) is 21.8. The maximum Gasteiger partial charge on any atom is 0.261 e. The fourth-order valence-corrected chi connectivity index (χ4v) is 15.5. The number of carbonyl (C=O) groups is 2. The third kappa shape index (κ3) is 14.2. The Morgan fingerprint density at radius 3 is 1.51 bits per heavy atom. The van der Waals surface area contributed by atoms with E-state index in [9.17, 15) is 0 Å². The number of nitrogens with zero attached hydrogens (tertiary/aromatic N) is 2. The van der Waals surface area contributed by atoms with E-state index in [1.807, 2.05) is 0 Å². The summed E-state index contributed by atoms with van der Waals surface area (Å²) < 4.78 is 6.81. The highest BCUT2D eigenvalue weighted by Gasteiger charge is 2.50. The molecular weight excluding hydrogens is 1030 g/mol. The number of rotatable bonds is 33. The molecule has 3 aromatic heterocycles. The Balaban J connectivity index is 1.17. The normalized spacial score (nSPS) is 15.0. The maximum absolute atomic E-state index is 16.1. The molecule has 0 N–H and O–H groups in total. The van der Waals surface area contributed by atoms with Crippen molar-refractivity contribution in [1.29, 1.82) is 0 Å². The first-order valence-electron chi connectivity index (χ1n) is 32.5. The monoisotopic (exact) mass is 1130 g/mol. The Morgan fingerprint density at radius 1 is 0.481 bits per heavy atom. The maximum atomic E-state index is 16.1. The van der Waals surface area contributed by atoms with Gasteiger partial charge in [0.25, 0.3) is 11.8 Å². The average Bonchev–Trinajstić information content (AvgIpc) is 4.46. The third-order valence-corrected chi connectivity index (χ3v) is 20.4. The molecule has 0 radical (unpaired) electrons. The van der Waals surface area contributed by atoms with Gasteiger partial charge in [-0.2, -0.15) is 0 Å². The van der Waals surface area contributed by atoms with Crippen molar-refractivity contribution in [3.63, 3.8) is 0 Å². The molecule has 434 valence electrons. The summed E-state index contributed by atoms with van der Waals surface area (Å²) in [6.07, 6.45) is 30.2. The van der Waals surface area contributed by atoms with Crippen molar-refractivity contribution in [1.82, 2.24) is 9.80 Å². The van der Waals surface area contributed by atoms with E-state index in [1.165, 1.54) is 160 Å². The van der Waals surface area contributed by atoms with Crippen molar-refractivity contribution < 1.29 is 14.0 Å². The molecule has 7 heteroatoms. The summed E-state index contributed by atoms with van der Waals surface area (Å²) in [6, 6.07) is 31.4. The van der Waals surface area contributed by atoms with E-state index in [4.69, 9.17) is 4.42 Å². The number of benzene rings is 4. The highest BCUT2D eigenvalue weighted by atomic mass is 32.1. The second kappa shape index (κ2) is 28.5. The fourth-order valence-electron chi connectivity index (χ4n) is 13.3. The lowest BCUT2D eigenvalue weighted by Crippen LogP contribution is -2.34. The summed E-state index contributed by atoms with van der Waals surface area (Å²) >= 11 is 3.52. The molecule has 2 amide bonds. The zero-order valence-electron chi connectivity index (χ0n) is 51.3. The molecule has 0 spiro atoms. The van der Waals surface area contributed by atoms with Gasteiger partial charge in [0.1, 0.15) is 11.2 Å². The van der Waals surface area contributed by atoms with Gasteiger partial charge in [-0.3, -0.25) is 9.59 Å². The molecule has 5 nitrogen and oxygen atoms in total. The van der Waals surface area contributed by atoms with Crippen molar-refractivity contribution in [3.8, 4) is 10.4 Å². The molecule has 2 unspecified atom stereocenters. The number of thiophene rings is 2. The summed E-state index contributed by atoms with van der Waals surface area (Å²) in [7, 11) is 0. The minimum Gasteiger partial charge on any atom is -0.455 e. The summed E-state index contributed by atoms with van der Waals surface area (Å²) in [5.74, 6) is 1.31. The first-order chi connectivity index (χ1) is 39.3. The van der Waals surface area contributed by atoms with Gasteiger partial charge < -0.3 is 14.2 Å². The van der Waals surface area contributed by atoms with Crippen LogP contribution in [0.5, 0.6) is 0 Å². The van der Waals surface area contributed by atoms with Crippen molar-refractivity contribution in [3.05, 3.63) is 116 Å². The topological polar surface area (TPSA) is 53.8 Å². The first-order valence-corrected chi connectivity index (χ1v) is 34.1. The highest BCUT2D eigenvalue weighted by molar-refractivity contribution is 7.16. The van der Waals surface area contributed by atoms with Crippen LogP contribution in [0, 0.1) is 17.8 Å². The first kappa shape index (κ1) is 60.6. The molecule has 2 aliphatic rings. The molecule has 5 heterocycles.